The lowest BCUT2D eigenvalue weighted by atomic mass is 9.86. The Hall–Kier alpha value is -3.19. The second-order valence-corrected chi connectivity index (χ2v) is 10.8. The average molecular weight is 469 g/mol. The molecule has 1 N–H and O–H groups in total. The van der Waals surface area contributed by atoms with Gasteiger partial charge in [-0.15, -0.1) is 0 Å². The van der Waals surface area contributed by atoms with Crippen LogP contribution in [0.15, 0.2) is 83.8 Å². The quantitative estimate of drug-likeness (QED) is 0.519. The lowest BCUT2D eigenvalue weighted by molar-refractivity contribution is -0.120. The van der Waals surface area contributed by atoms with Gasteiger partial charge in [0.2, 0.25) is 5.91 Å². The Morgan fingerprint density at radius 1 is 0.939 bits per heavy atom. The van der Waals surface area contributed by atoms with Crippen LogP contribution in [0.2, 0.25) is 0 Å². The zero-order valence-electron chi connectivity index (χ0n) is 19.2. The Labute approximate surface area is 195 Å². The van der Waals surface area contributed by atoms with E-state index in [0.717, 1.165) is 9.87 Å². The van der Waals surface area contributed by atoms with E-state index in [2.05, 4.69) is 26.1 Å². The van der Waals surface area contributed by atoms with Crippen LogP contribution in [0, 0.1) is 5.82 Å². The van der Waals surface area contributed by atoms with Gasteiger partial charge in [-0.3, -0.25) is 9.10 Å². The molecular weight excluding hydrogens is 439 g/mol. The molecule has 1 atom stereocenters. The Kier molecular flexibility index (Phi) is 7.22. The molecule has 0 heterocycles. The standard InChI is InChI=1S/C26H29FN2O3S/c1-19(20-10-12-21(13-11-20)26(2,3)4)28-25(30)18-29(23-16-14-22(27)15-17-23)33(31,32)24-8-6-5-7-9-24/h5-17,19H,18H2,1-4H3,(H,28,30). The highest BCUT2D eigenvalue weighted by Gasteiger charge is 2.27. The summed E-state index contributed by atoms with van der Waals surface area (Å²) in [7, 11) is -4.03. The van der Waals surface area contributed by atoms with Crippen LogP contribution in [0.25, 0.3) is 0 Å². The monoisotopic (exact) mass is 468 g/mol. The van der Waals surface area contributed by atoms with E-state index < -0.39 is 28.3 Å². The van der Waals surface area contributed by atoms with E-state index >= 15 is 0 Å². The van der Waals surface area contributed by atoms with Crippen molar-refractivity contribution >= 4 is 21.6 Å². The predicted molar refractivity (Wildman–Crippen MR) is 129 cm³/mol. The van der Waals surface area contributed by atoms with Crippen molar-refractivity contribution in [1.29, 1.82) is 0 Å². The van der Waals surface area contributed by atoms with Gasteiger partial charge in [0.05, 0.1) is 16.6 Å². The normalized spacial score (nSPS) is 12.8. The Bertz CT molecular complexity index is 1190. The fraction of sp³-hybridized carbons (Fsp3) is 0.269. The van der Waals surface area contributed by atoms with Gasteiger partial charge in [-0.05, 0) is 59.9 Å². The van der Waals surface area contributed by atoms with Gasteiger partial charge in [-0.2, -0.15) is 0 Å². The summed E-state index contributed by atoms with van der Waals surface area (Å²) in [6, 6.07) is 20.5. The van der Waals surface area contributed by atoms with Crippen molar-refractivity contribution in [2.45, 2.75) is 44.0 Å². The van der Waals surface area contributed by atoms with Gasteiger partial charge in [-0.25, -0.2) is 12.8 Å². The average Bonchev–Trinajstić information content (AvgIpc) is 2.78. The molecule has 0 bridgehead atoms. The number of amides is 1. The number of hydrogen-bond acceptors (Lipinski definition) is 3. The number of hydrogen-bond donors (Lipinski definition) is 1. The van der Waals surface area contributed by atoms with Crippen LogP contribution in [0.5, 0.6) is 0 Å². The van der Waals surface area contributed by atoms with Crippen LogP contribution >= 0.6 is 0 Å². The zero-order valence-corrected chi connectivity index (χ0v) is 20.1. The number of carbonyl (C=O) groups excluding carboxylic acids is 1. The van der Waals surface area contributed by atoms with Crippen LogP contribution < -0.4 is 9.62 Å². The van der Waals surface area contributed by atoms with Crippen molar-refractivity contribution in [1.82, 2.24) is 5.32 Å². The molecule has 0 aliphatic rings. The molecule has 0 saturated heterocycles. The molecule has 0 saturated carbocycles. The Morgan fingerprint density at radius 3 is 2.06 bits per heavy atom. The first-order valence-corrected chi connectivity index (χ1v) is 12.2. The number of nitrogens with one attached hydrogen (secondary N) is 1. The fourth-order valence-corrected chi connectivity index (χ4v) is 4.86. The lowest BCUT2D eigenvalue weighted by Gasteiger charge is -2.25. The maximum absolute atomic E-state index is 13.4. The number of carbonyl (C=O) groups is 1. The number of benzene rings is 3. The minimum absolute atomic E-state index is 0.0203. The number of halogens is 1. The molecule has 0 aliphatic heterocycles. The number of anilines is 1. The summed E-state index contributed by atoms with van der Waals surface area (Å²) in [5.74, 6) is -0.959. The molecule has 3 aromatic rings. The highest BCUT2D eigenvalue weighted by molar-refractivity contribution is 7.92. The molecule has 0 aromatic heterocycles. The third-order valence-electron chi connectivity index (χ3n) is 5.39. The van der Waals surface area contributed by atoms with Crippen molar-refractivity contribution in [2.24, 2.45) is 0 Å². The smallest absolute Gasteiger partial charge is 0.264 e. The molecule has 3 aromatic carbocycles. The van der Waals surface area contributed by atoms with E-state index in [-0.39, 0.29) is 22.0 Å². The number of sulfonamides is 1. The van der Waals surface area contributed by atoms with E-state index in [0.29, 0.717) is 0 Å². The van der Waals surface area contributed by atoms with E-state index in [9.17, 15) is 17.6 Å². The second kappa shape index (κ2) is 9.75. The molecule has 0 aliphatic carbocycles. The molecule has 0 fully saturated rings. The topological polar surface area (TPSA) is 66.5 Å². The predicted octanol–water partition coefficient (Wildman–Crippen LogP) is 5.20. The summed E-state index contributed by atoms with van der Waals surface area (Å²) in [5.41, 5.74) is 2.32. The first-order valence-electron chi connectivity index (χ1n) is 10.7. The first-order chi connectivity index (χ1) is 15.5. The molecule has 7 heteroatoms. The van der Waals surface area contributed by atoms with Crippen LogP contribution in [-0.2, 0) is 20.2 Å². The molecule has 33 heavy (non-hydrogen) atoms. The first kappa shape index (κ1) is 24.5. The molecule has 1 unspecified atom stereocenters. The summed E-state index contributed by atoms with van der Waals surface area (Å²) in [4.78, 5) is 12.9. The molecule has 1 amide bonds. The van der Waals surface area contributed by atoms with Gasteiger partial charge >= 0.3 is 0 Å². The van der Waals surface area contributed by atoms with Crippen LogP contribution in [0.4, 0.5) is 10.1 Å². The summed E-state index contributed by atoms with van der Waals surface area (Å²) in [6.07, 6.45) is 0. The largest absolute Gasteiger partial charge is 0.348 e. The molecular formula is C26H29FN2O3S. The van der Waals surface area contributed by atoms with Crippen molar-refractivity contribution < 1.29 is 17.6 Å². The second-order valence-electron chi connectivity index (χ2n) is 8.96. The highest BCUT2D eigenvalue weighted by Crippen LogP contribution is 2.25. The van der Waals surface area contributed by atoms with Gasteiger partial charge < -0.3 is 5.32 Å². The van der Waals surface area contributed by atoms with Gasteiger partial charge in [0.25, 0.3) is 10.0 Å². The zero-order chi connectivity index (χ0) is 24.2. The molecule has 3 rings (SSSR count). The number of nitrogens with zero attached hydrogens (tertiary/aromatic N) is 1. The minimum Gasteiger partial charge on any atom is -0.348 e. The van der Waals surface area contributed by atoms with Crippen molar-refractivity contribution in [3.8, 4) is 0 Å². The van der Waals surface area contributed by atoms with E-state index in [1.165, 1.54) is 42.0 Å². The maximum Gasteiger partial charge on any atom is 0.264 e. The summed E-state index contributed by atoms with van der Waals surface area (Å²) in [6.45, 7) is 7.80. The van der Waals surface area contributed by atoms with E-state index in [4.69, 9.17) is 0 Å². The third-order valence-corrected chi connectivity index (χ3v) is 7.18. The SMILES string of the molecule is CC(NC(=O)CN(c1ccc(F)cc1)S(=O)(=O)c1ccccc1)c1ccc(C(C)(C)C)cc1. The molecule has 174 valence electrons. The summed E-state index contributed by atoms with van der Waals surface area (Å²) in [5, 5.41) is 2.87. The lowest BCUT2D eigenvalue weighted by Crippen LogP contribution is -2.41. The summed E-state index contributed by atoms with van der Waals surface area (Å²) >= 11 is 0. The fourth-order valence-electron chi connectivity index (χ4n) is 3.41. The highest BCUT2D eigenvalue weighted by atomic mass is 32.2. The minimum atomic E-state index is -4.03. The van der Waals surface area contributed by atoms with Crippen molar-refractivity contribution in [2.75, 3.05) is 10.8 Å². The van der Waals surface area contributed by atoms with Gasteiger partial charge in [-0.1, -0.05) is 63.2 Å². The molecule has 0 spiro atoms. The van der Waals surface area contributed by atoms with Crippen LogP contribution in [0.3, 0.4) is 0 Å². The van der Waals surface area contributed by atoms with Gasteiger partial charge in [0.1, 0.15) is 12.4 Å². The Balaban J connectivity index is 1.82. The maximum atomic E-state index is 13.4. The third kappa shape index (κ3) is 5.99. The van der Waals surface area contributed by atoms with Gasteiger partial charge in [0, 0.05) is 0 Å². The number of rotatable bonds is 7. The van der Waals surface area contributed by atoms with Crippen LogP contribution in [0.1, 0.15) is 44.9 Å². The van der Waals surface area contributed by atoms with Crippen molar-refractivity contribution in [3.63, 3.8) is 0 Å². The van der Waals surface area contributed by atoms with E-state index in [1.54, 1.807) is 18.2 Å². The summed E-state index contributed by atoms with van der Waals surface area (Å²) < 4.78 is 41.0. The van der Waals surface area contributed by atoms with Crippen LogP contribution in [-0.4, -0.2) is 20.9 Å². The van der Waals surface area contributed by atoms with Gasteiger partial charge in [0.15, 0.2) is 0 Å². The molecule has 0 radical (unpaired) electrons. The van der Waals surface area contributed by atoms with E-state index in [1.807, 2.05) is 31.2 Å². The molecule has 5 nitrogen and oxygen atoms in total. The van der Waals surface area contributed by atoms with Crippen molar-refractivity contribution in [3.05, 3.63) is 95.8 Å². The Morgan fingerprint density at radius 2 is 1.52 bits per heavy atom.